The highest BCUT2D eigenvalue weighted by Gasteiger charge is 2.51. The molecule has 1 saturated heterocycles. The fraction of sp³-hybridized carbons (Fsp3) is 0.800. The van der Waals surface area contributed by atoms with Gasteiger partial charge >= 0.3 is 0 Å². The van der Waals surface area contributed by atoms with Crippen LogP contribution in [0.4, 0.5) is 0 Å². The van der Waals surface area contributed by atoms with Crippen LogP contribution in [-0.4, -0.2) is 12.2 Å². The van der Waals surface area contributed by atoms with E-state index in [-0.39, 0.29) is 5.60 Å². The van der Waals surface area contributed by atoms with Gasteiger partial charge < -0.3 is 4.74 Å². The third kappa shape index (κ3) is 1.16. The molecule has 1 saturated carbocycles. The van der Waals surface area contributed by atoms with Crippen molar-refractivity contribution in [1.82, 2.24) is 0 Å². The van der Waals surface area contributed by atoms with Crippen LogP contribution in [0, 0.1) is 17.8 Å². The highest BCUT2D eigenvalue weighted by Crippen LogP contribution is 2.45. The molecule has 1 heteroatoms. The van der Waals surface area contributed by atoms with Gasteiger partial charge in [-0.05, 0) is 19.8 Å². The molecule has 2 aliphatic rings. The Hall–Kier alpha value is -0.480. The molecular weight excluding hydrogens is 136 g/mol. The minimum absolute atomic E-state index is 0.223. The second-order valence-corrected chi connectivity index (χ2v) is 3.55. The van der Waals surface area contributed by atoms with E-state index in [1.54, 1.807) is 0 Å². The van der Waals surface area contributed by atoms with Crippen molar-refractivity contribution in [3.63, 3.8) is 0 Å². The van der Waals surface area contributed by atoms with Gasteiger partial charge in [0.25, 0.3) is 0 Å². The van der Waals surface area contributed by atoms with Crippen molar-refractivity contribution in [2.75, 3.05) is 6.61 Å². The molecule has 2 unspecified atom stereocenters. The maximum Gasteiger partial charge on any atom is 0.105 e. The van der Waals surface area contributed by atoms with Gasteiger partial charge in [0, 0.05) is 0 Å². The smallest absolute Gasteiger partial charge is 0.105 e. The van der Waals surface area contributed by atoms with Gasteiger partial charge in [0.15, 0.2) is 0 Å². The summed E-state index contributed by atoms with van der Waals surface area (Å²) in [6, 6.07) is 0. The largest absolute Gasteiger partial charge is 0.368 e. The van der Waals surface area contributed by atoms with Gasteiger partial charge in [0.05, 0.1) is 12.5 Å². The van der Waals surface area contributed by atoms with Gasteiger partial charge in [0.2, 0.25) is 0 Å². The van der Waals surface area contributed by atoms with E-state index < -0.39 is 0 Å². The van der Waals surface area contributed by atoms with Gasteiger partial charge in [-0.3, -0.25) is 0 Å². The Balaban J connectivity index is 2.08. The van der Waals surface area contributed by atoms with E-state index in [1.165, 1.54) is 25.7 Å². The van der Waals surface area contributed by atoms with E-state index in [0.717, 1.165) is 6.61 Å². The molecule has 1 aliphatic heterocycles. The fourth-order valence-corrected chi connectivity index (χ4v) is 2.03. The third-order valence-electron chi connectivity index (χ3n) is 2.81. The average molecular weight is 150 g/mol. The Labute approximate surface area is 68.1 Å². The molecule has 1 spiro atoms. The third-order valence-corrected chi connectivity index (χ3v) is 2.81. The van der Waals surface area contributed by atoms with Crippen LogP contribution in [0.3, 0.4) is 0 Å². The van der Waals surface area contributed by atoms with Crippen molar-refractivity contribution >= 4 is 0 Å². The Bertz CT molecular complexity index is 205. The van der Waals surface area contributed by atoms with Gasteiger partial charge in [-0.25, -0.2) is 0 Å². The van der Waals surface area contributed by atoms with Crippen molar-refractivity contribution in [2.24, 2.45) is 5.92 Å². The van der Waals surface area contributed by atoms with Crippen molar-refractivity contribution in [3.8, 4) is 11.8 Å². The molecule has 1 nitrogen and oxygen atoms in total. The predicted molar refractivity (Wildman–Crippen MR) is 44.1 cm³/mol. The Morgan fingerprint density at radius 2 is 2.27 bits per heavy atom. The molecule has 1 aliphatic carbocycles. The van der Waals surface area contributed by atoms with Crippen LogP contribution in [-0.2, 0) is 4.74 Å². The first kappa shape index (κ1) is 7.18. The number of hydrogen-bond donors (Lipinski definition) is 0. The van der Waals surface area contributed by atoms with Crippen molar-refractivity contribution in [2.45, 2.75) is 38.2 Å². The molecule has 0 N–H and O–H groups in total. The SMILES string of the molecule is CC#CC1CCCCC12CO2. The lowest BCUT2D eigenvalue weighted by atomic mass is 9.80. The number of rotatable bonds is 0. The molecule has 0 bridgehead atoms. The highest BCUT2D eigenvalue weighted by molar-refractivity contribution is 5.15. The zero-order valence-corrected chi connectivity index (χ0v) is 7.02. The summed E-state index contributed by atoms with van der Waals surface area (Å²) in [5.74, 6) is 6.81. The quantitative estimate of drug-likeness (QED) is 0.380. The minimum Gasteiger partial charge on any atom is -0.368 e. The lowest BCUT2D eigenvalue weighted by Gasteiger charge is -2.24. The molecule has 11 heavy (non-hydrogen) atoms. The summed E-state index contributed by atoms with van der Waals surface area (Å²) < 4.78 is 5.50. The van der Waals surface area contributed by atoms with Gasteiger partial charge in [0.1, 0.15) is 5.60 Å². The second kappa shape index (κ2) is 2.53. The van der Waals surface area contributed by atoms with Crippen molar-refractivity contribution in [1.29, 1.82) is 0 Å². The lowest BCUT2D eigenvalue weighted by Crippen LogP contribution is -2.26. The maximum atomic E-state index is 5.50. The lowest BCUT2D eigenvalue weighted by molar-refractivity contribution is 0.195. The molecular formula is C10H14O. The van der Waals surface area contributed by atoms with E-state index in [9.17, 15) is 0 Å². The first-order chi connectivity index (χ1) is 5.37. The first-order valence-corrected chi connectivity index (χ1v) is 4.44. The average Bonchev–Trinajstić information content (AvgIpc) is 2.77. The van der Waals surface area contributed by atoms with E-state index >= 15 is 0 Å². The number of ether oxygens (including phenoxy) is 1. The van der Waals surface area contributed by atoms with Crippen LogP contribution in [0.25, 0.3) is 0 Å². The van der Waals surface area contributed by atoms with Gasteiger partial charge in [-0.15, -0.1) is 5.92 Å². The fourth-order valence-electron chi connectivity index (χ4n) is 2.03. The summed E-state index contributed by atoms with van der Waals surface area (Å²) in [5.41, 5.74) is 0.223. The summed E-state index contributed by atoms with van der Waals surface area (Å²) in [5, 5.41) is 0. The summed E-state index contributed by atoms with van der Waals surface area (Å²) in [7, 11) is 0. The van der Waals surface area contributed by atoms with Gasteiger partial charge in [-0.2, -0.15) is 0 Å². The normalized spacial score (nSPS) is 41.4. The van der Waals surface area contributed by atoms with Gasteiger partial charge in [-0.1, -0.05) is 18.8 Å². The van der Waals surface area contributed by atoms with E-state index in [2.05, 4.69) is 11.8 Å². The molecule has 0 aromatic heterocycles. The summed E-state index contributed by atoms with van der Waals surface area (Å²) in [6.45, 7) is 2.89. The van der Waals surface area contributed by atoms with E-state index in [1.807, 2.05) is 6.92 Å². The molecule has 2 fully saturated rings. The molecule has 2 atom stereocenters. The number of hydrogen-bond acceptors (Lipinski definition) is 1. The molecule has 0 amide bonds. The Morgan fingerprint density at radius 3 is 2.91 bits per heavy atom. The Morgan fingerprint density at radius 1 is 1.45 bits per heavy atom. The van der Waals surface area contributed by atoms with Crippen molar-refractivity contribution in [3.05, 3.63) is 0 Å². The van der Waals surface area contributed by atoms with Crippen LogP contribution in [0.2, 0.25) is 0 Å². The van der Waals surface area contributed by atoms with Crippen LogP contribution >= 0.6 is 0 Å². The molecule has 0 aromatic carbocycles. The second-order valence-electron chi connectivity index (χ2n) is 3.55. The molecule has 2 rings (SSSR count). The van der Waals surface area contributed by atoms with Crippen LogP contribution in [0.15, 0.2) is 0 Å². The Kier molecular flexibility index (Phi) is 1.65. The van der Waals surface area contributed by atoms with Crippen LogP contribution in [0.5, 0.6) is 0 Å². The summed E-state index contributed by atoms with van der Waals surface area (Å²) in [4.78, 5) is 0. The van der Waals surface area contributed by atoms with Crippen LogP contribution in [0.1, 0.15) is 32.6 Å². The minimum atomic E-state index is 0.223. The van der Waals surface area contributed by atoms with Crippen molar-refractivity contribution < 1.29 is 4.74 Å². The number of epoxide rings is 1. The highest BCUT2D eigenvalue weighted by atomic mass is 16.6. The molecule has 0 radical (unpaired) electrons. The zero-order valence-electron chi connectivity index (χ0n) is 7.02. The molecule has 60 valence electrons. The zero-order chi connectivity index (χ0) is 7.73. The summed E-state index contributed by atoms with van der Waals surface area (Å²) in [6.07, 6.45) is 5.17. The monoisotopic (exact) mass is 150 g/mol. The predicted octanol–water partition coefficient (Wildman–Crippen LogP) is 1.97. The van der Waals surface area contributed by atoms with E-state index in [0.29, 0.717) is 5.92 Å². The topological polar surface area (TPSA) is 12.5 Å². The van der Waals surface area contributed by atoms with E-state index in [4.69, 9.17) is 4.74 Å². The molecule has 0 aromatic rings. The molecule has 1 heterocycles. The van der Waals surface area contributed by atoms with Crippen LogP contribution < -0.4 is 0 Å². The standard InChI is InChI=1S/C10H14O/c1-2-5-9-6-3-4-7-10(9)8-11-10/h9H,3-4,6-8H2,1H3. The maximum absolute atomic E-state index is 5.50. The summed E-state index contributed by atoms with van der Waals surface area (Å²) >= 11 is 0. The first-order valence-electron chi connectivity index (χ1n) is 4.44.